The first-order valence-electron chi connectivity index (χ1n) is 5.90. The summed E-state index contributed by atoms with van der Waals surface area (Å²) in [6.07, 6.45) is 7.40. The van der Waals surface area contributed by atoms with E-state index in [0.29, 0.717) is 11.5 Å². The summed E-state index contributed by atoms with van der Waals surface area (Å²) < 4.78 is 0. The molecule has 0 aliphatic heterocycles. The zero-order valence-corrected chi connectivity index (χ0v) is 9.91. The summed E-state index contributed by atoms with van der Waals surface area (Å²) in [7, 11) is 1.88. The minimum absolute atomic E-state index is 0.0748. The standard InChI is InChI=1S/C12H17N3O2/c1-15(10-4-2-3-5-11(10)17)12-13-6-9(8-16)7-14-12/h6-8,10-11,17H,2-5H2,1H3. The Hall–Kier alpha value is -1.49. The minimum Gasteiger partial charge on any atom is -0.391 e. The number of carbonyl (C=O) groups is 1. The number of nitrogens with zero attached hydrogens (tertiary/aromatic N) is 3. The Balaban J connectivity index is 2.11. The third-order valence-corrected chi connectivity index (χ3v) is 3.30. The normalized spacial score (nSPS) is 24.4. The van der Waals surface area contributed by atoms with Gasteiger partial charge in [0.25, 0.3) is 0 Å². The number of carbonyl (C=O) groups excluding carboxylic acids is 1. The molecule has 1 fully saturated rings. The fourth-order valence-corrected chi connectivity index (χ4v) is 2.27. The van der Waals surface area contributed by atoms with Crippen LogP contribution in [0.1, 0.15) is 36.0 Å². The van der Waals surface area contributed by atoms with Gasteiger partial charge in [0.05, 0.1) is 17.7 Å². The van der Waals surface area contributed by atoms with Crippen molar-refractivity contribution < 1.29 is 9.90 Å². The van der Waals surface area contributed by atoms with Crippen molar-refractivity contribution in [2.75, 3.05) is 11.9 Å². The summed E-state index contributed by atoms with van der Waals surface area (Å²) in [6, 6.07) is 0.0748. The number of likely N-dealkylation sites (N-methyl/N-ethyl adjacent to an activating group) is 1. The number of rotatable bonds is 3. The topological polar surface area (TPSA) is 66.3 Å². The van der Waals surface area contributed by atoms with Gasteiger partial charge in [-0.05, 0) is 12.8 Å². The number of aldehydes is 1. The number of hydrogen-bond acceptors (Lipinski definition) is 5. The number of anilines is 1. The fourth-order valence-electron chi connectivity index (χ4n) is 2.27. The first kappa shape index (κ1) is 12.0. The monoisotopic (exact) mass is 235 g/mol. The van der Waals surface area contributed by atoms with E-state index in [0.717, 1.165) is 32.0 Å². The van der Waals surface area contributed by atoms with Crippen molar-refractivity contribution in [2.24, 2.45) is 0 Å². The molecule has 1 aliphatic rings. The molecule has 1 aliphatic carbocycles. The van der Waals surface area contributed by atoms with Crippen molar-refractivity contribution in [3.8, 4) is 0 Å². The molecule has 1 N–H and O–H groups in total. The molecule has 1 saturated carbocycles. The van der Waals surface area contributed by atoms with Gasteiger partial charge in [-0.3, -0.25) is 4.79 Å². The number of aliphatic hydroxyl groups is 1. The Bertz CT molecular complexity index is 380. The second-order valence-corrected chi connectivity index (χ2v) is 4.46. The van der Waals surface area contributed by atoms with E-state index >= 15 is 0 Å². The molecule has 2 rings (SSSR count). The Kier molecular flexibility index (Phi) is 3.68. The highest BCUT2D eigenvalue weighted by atomic mass is 16.3. The van der Waals surface area contributed by atoms with Crippen LogP contribution in [0.2, 0.25) is 0 Å². The molecule has 17 heavy (non-hydrogen) atoms. The average Bonchev–Trinajstić information content (AvgIpc) is 2.39. The largest absolute Gasteiger partial charge is 0.391 e. The quantitative estimate of drug-likeness (QED) is 0.793. The van der Waals surface area contributed by atoms with Gasteiger partial charge in [0, 0.05) is 19.4 Å². The van der Waals surface area contributed by atoms with Gasteiger partial charge in [0.1, 0.15) is 0 Å². The first-order valence-corrected chi connectivity index (χ1v) is 5.90. The van der Waals surface area contributed by atoms with Gasteiger partial charge in [-0.25, -0.2) is 9.97 Å². The lowest BCUT2D eigenvalue weighted by atomic mass is 9.92. The summed E-state index contributed by atoms with van der Waals surface area (Å²) in [5.74, 6) is 0.557. The van der Waals surface area contributed by atoms with Crippen molar-refractivity contribution in [3.05, 3.63) is 18.0 Å². The zero-order valence-electron chi connectivity index (χ0n) is 9.91. The molecule has 0 aromatic carbocycles. The molecular formula is C12H17N3O2. The van der Waals surface area contributed by atoms with Crippen LogP contribution in [0.5, 0.6) is 0 Å². The number of aliphatic hydroxyl groups excluding tert-OH is 1. The van der Waals surface area contributed by atoms with Gasteiger partial charge in [-0.15, -0.1) is 0 Å². The lowest BCUT2D eigenvalue weighted by Crippen LogP contribution is -2.44. The minimum atomic E-state index is -0.317. The molecule has 0 amide bonds. The molecule has 5 nitrogen and oxygen atoms in total. The molecule has 1 aromatic rings. The van der Waals surface area contributed by atoms with Gasteiger partial charge < -0.3 is 10.0 Å². The van der Waals surface area contributed by atoms with Crippen LogP contribution in [-0.4, -0.2) is 40.6 Å². The van der Waals surface area contributed by atoms with Crippen molar-refractivity contribution in [2.45, 2.75) is 37.8 Å². The van der Waals surface area contributed by atoms with E-state index in [9.17, 15) is 9.90 Å². The Morgan fingerprint density at radius 1 is 1.35 bits per heavy atom. The lowest BCUT2D eigenvalue weighted by Gasteiger charge is -2.35. The maximum Gasteiger partial charge on any atom is 0.225 e. The van der Waals surface area contributed by atoms with Crippen LogP contribution < -0.4 is 4.90 Å². The first-order chi connectivity index (χ1) is 8.22. The third-order valence-electron chi connectivity index (χ3n) is 3.30. The molecule has 1 aromatic heterocycles. The van der Waals surface area contributed by atoms with E-state index in [2.05, 4.69) is 9.97 Å². The van der Waals surface area contributed by atoms with Crippen LogP contribution in [0.25, 0.3) is 0 Å². The van der Waals surface area contributed by atoms with Crippen molar-refractivity contribution in [1.29, 1.82) is 0 Å². The Morgan fingerprint density at radius 3 is 2.59 bits per heavy atom. The molecule has 2 unspecified atom stereocenters. The number of hydrogen-bond donors (Lipinski definition) is 1. The summed E-state index contributed by atoms with van der Waals surface area (Å²) in [5.41, 5.74) is 0.464. The van der Waals surface area contributed by atoms with Gasteiger partial charge in [0.2, 0.25) is 5.95 Å². The van der Waals surface area contributed by atoms with Crippen LogP contribution >= 0.6 is 0 Å². The SMILES string of the molecule is CN(c1ncc(C=O)cn1)C1CCCCC1O. The smallest absolute Gasteiger partial charge is 0.225 e. The molecule has 5 heteroatoms. The highest BCUT2D eigenvalue weighted by molar-refractivity contribution is 5.73. The summed E-state index contributed by atoms with van der Waals surface area (Å²) >= 11 is 0. The summed E-state index contributed by atoms with van der Waals surface area (Å²) in [4.78, 5) is 20.7. The maximum atomic E-state index is 10.5. The third kappa shape index (κ3) is 2.61. The summed E-state index contributed by atoms with van der Waals surface area (Å²) in [5, 5.41) is 9.95. The van der Waals surface area contributed by atoms with Crippen molar-refractivity contribution >= 4 is 12.2 Å². The van der Waals surface area contributed by atoms with Gasteiger partial charge in [0.15, 0.2) is 6.29 Å². The van der Waals surface area contributed by atoms with Gasteiger partial charge in [-0.1, -0.05) is 12.8 Å². The van der Waals surface area contributed by atoms with E-state index in [1.165, 1.54) is 12.4 Å². The fraction of sp³-hybridized carbons (Fsp3) is 0.583. The van der Waals surface area contributed by atoms with Crippen LogP contribution in [0.3, 0.4) is 0 Å². The van der Waals surface area contributed by atoms with Crippen LogP contribution in [0.4, 0.5) is 5.95 Å². The summed E-state index contributed by atoms with van der Waals surface area (Å²) in [6.45, 7) is 0. The van der Waals surface area contributed by atoms with E-state index < -0.39 is 0 Å². The second kappa shape index (κ2) is 5.23. The molecule has 0 saturated heterocycles. The molecular weight excluding hydrogens is 218 g/mol. The highest BCUT2D eigenvalue weighted by Gasteiger charge is 2.27. The number of aromatic nitrogens is 2. The van der Waals surface area contributed by atoms with E-state index in [1.54, 1.807) is 0 Å². The predicted molar refractivity (Wildman–Crippen MR) is 64.1 cm³/mol. The highest BCUT2D eigenvalue weighted by Crippen LogP contribution is 2.24. The van der Waals surface area contributed by atoms with E-state index in [4.69, 9.17) is 0 Å². The second-order valence-electron chi connectivity index (χ2n) is 4.46. The maximum absolute atomic E-state index is 10.5. The lowest BCUT2D eigenvalue weighted by molar-refractivity contribution is 0.105. The molecule has 0 bridgehead atoms. The van der Waals surface area contributed by atoms with E-state index in [-0.39, 0.29) is 12.1 Å². The molecule has 92 valence electrons. The average molecular weight is 235 g/mol. The van der Waals surface area contributed by atoms with Gasteiger partial charge >= 0.3 is 0 Å². The molecule has 2 atom stereocenters. The van der Waals surface area contributed by atoms with Crippen LogP contribution in [0.15, 0.2) is 12.4 Å². The van der Waals surface area contributed by atoms with E-state index in [1.807, 2.05) is 11.9 Å². The molecule has 0 spiro atoms. The van der Waals surface area contributed by atoms with Gasteiger partial charge in [-0.2, -0.15) is 0 Å². The van der Waals surface area contributed by atoms with Crippen molar-refractivity contribution in [1.82, 2.24) is 9.97 Å². The Labute approximate surface area is 100 Å². The van der Waals surface area contributed by atoms with Crippen LogP contribution in [-0.2, 0) is 0 Å². The molecule has 0 radical (unpaired) electrons. The predicted octanol–water partition coefficient (Wildman–Crippen LogP) is 1.03. The Morgan fingerprint density at radius 2 is 2.00 bits per heavy atom. The zero-order chi connectivity index (χ0) is 12.3. The molecule has 1 heterocycles. The van der Waals surface area contributed by atoms with Crippen LogP contribution in [0, 0.1) is 0 Å². The van der Waals surface area contributed by atoms with Crippen molar-refractivity contribution in [3.63, 3.8) is 0 Å².